The van der Waals surface area contributed by atoms with Crippen LogP contribution in [-0.2, 0) is 4.74 Å². The smallest absolute Gasteiger partial charge is 0.358 e. The van der Waals surface area contributed by atoms with E-state index in [-0.39, 0.29) is 38.4 Å². The van der Waals surface area contributed by atoms with Crippen molar-refractivity contribution in [1.29, 1.82) is 0 Å². The first-order chi connectivity index (χ1) is 9.86. The Morgan fingerprint density at radius 2 is 2.00 bits per heavy atom. The Balaban J connectivity index is 2.74. The minimum Gasteiger partial charge on any atom is -0.464 e. The molecule has 2 aromatic rings. The number of methoxy groups -OCH3 is 1. The monoisotopic (exact) mass is 329 g/mol. The molecule has 1 aromatic carbocycles. The number of ether oxygens (including phenoxy) is 1. The summed E-state index contributed by atoms with van der Waals surface area (Å²) in [5.41, 5.74) is 11.3. The molecule has 0 amide bonds. The molecular formula is C13H10Cl2FN3O2. The van der Waals surface area contributed by atoms with Crippen molar-refractivity contribution in [2.24, 2.45) is 0 Å². The van der Waals surface area contributed by atoms with Crippen LogP contribution in [0.15, 0.2) is 18.2 Å². The second-order valence-corrected chi connectivity index (χ2v) is 4.85. The molecule has 110 valence electrons. The molecule has 0 unspecified atom stereocenters. The largest absolute Gasteiger partial charge is 0.464 e. The predicted molar refractivity (Wildman–Crippen MR) is 79.8 cm³/mol. The second-order valence-electron chi connectivity index (χ2n) is 4.07. The second kappa shape index (κ2) is 5.75. The van der Waals surface area contributed by atoms with Crippen LogP contribution in [0.3, 0.4) is 0 Å². The summed E-state index contributed by atoms with van der Waals surface area (Å²) < 4.78 is 18.5. The van der Waals surface area contributed by atoms with E-state index in [1.165, 1.54) is 12.1 Å². The quantitative estimate of drug-likeness (QED) is 0.652. The van der Waals surface area contributed by atoms with Crippen molar-refractivity contribution in [3.63, 3.8) is 0 Å². The van der Waals surface area contributed by atoms with Gasteiger partial charge < -0.3 is 16.2 Å². The van der Waals surface area contributed by atoms with Crippen molar-refractivity contribution in [3.05, 3.63) is 39.8 Å². The Hall–Kier alpha value is -2.05. The van der Waals surface area contributed by atoms with E-state index < -0.39 is 11.8 Å². The van der Waals surface area contributed by atoms with Crippen molar-refractivity contribution in [2.45, 2.75) is 0 Å². The SMILES string of the molecule is COC(=O)c1nc(-c2c(F)ccc(Cl)c2N)cc(N)c1Cl. The highest BCUT2D eigenvalue weighted by molar-refractivity contribution is 6.36. The Kier molecular flexibility index (Phi) is 4.20. The Morgan fingerprint density at radius 3 is 2.62 bits per heavy atom. The fourth-order valence-electron chi connectivity index (χ4n) is 1.74. The number of rotatable bonds is 2. The molecule has 0 aliphatic heterocycles. The summed E-state index contributed by atoms with van der Waals surface area (Å²) in [4.78, 5) is 15.6. The molecular weight excluding hydrogens is 320 g/mol. The summed E-state index contributed by atoms with van der Waals surface area (Å²) in [5.74, 6) is -1.45. The summed E-state index contributed by atoms with van der Waals surface area (Å²) in [5, 5.41) is 0.0768. The Bertz CT molecular complexity index is 738. The number of nitrogens with two attached hydrogens (primary N) is 2. The number of benzene rings is 1. The highest BCUT2D eigenvalue weighted by Gasteiger charge is 2.21. The maximum atomic E-state index is 14.0. The van der Waals surface area contributed by atoms with Crippen molar-refractivity contribution in [3.8, 4) is 11.3 Å². The zero-order valence-electron chi connectivity index (χ0n) is 10.8. The molecule has 0 spiro atoms. The lowest BCUT2D eigenvalue weighted by Gasteiger charge is -2.11. The highest BCUT2D eigenvalue weighted by Crippen LogP contribution is 2.36. The van der Waals surface area contributed by atoms with E-state index >= 15 is 0 Å². The standard InChI is InChI=1S/C13H10Cl2FN3O2/c1-21-13(20)12-10(15)7(17)4-8(19-12)9-6(16)3-2-5(14)11(9)18/h2-4H,18H2,1H3,(H2,17,19). The van der Waals surface area contributed by atoms with Crippen molar-refractivity contribution >= 4 is 40.5 Å². The lowest BCUT2D eigenvalue weighted by Crippen LogP contribution is -2.09. The molecule has 0 atom stereocenters. The van der Waals surface area contributed by atoms with Crippen molar-refractivity contribution in [2.75, 3.05) is 18.6 Å². The lowest BCUT2D eigenvalue weighted by atomic mass is 10.1. The molecule has 2 rings (SSSR count). The minimum atomic E-state index is -0.797. The molecule has 0 aliphatic carbocycles. The maximum Gasteiger partial charge on any atom is 0.358 e. The van der Waals surface area contributed by atoms with Crippen LogP contribution in [0.25, 0.3) is 11.3 Å². The van der Waals surface area contributed by atoms with Gasteiger partial charge in [0.05, 0.1) is 39.8 Å². The molecule has 1 heterocycles. The van der Waals surface area contributed by atoms with E-state index in [1.807, 2.05) is 0 Å². The van der Waals surface area contributed by atoms with Gasteiger partial charge in [0.25, 0.3) is 0 Å². The Morgan fingerprint density at radius 1 is 1.33 bits per heavy atom. The van der Waals surface area contributed by atoms with E-state index in [0.717, 1.165) is 13.2 Å². The average molecular weight is 330 g/mol. The molecule has 0 bridgehead atoms. The van der Waals surface area contributed by atoms with Crippen LogP contribution in [0, 0.1) is 5.82 Å². The normalized spacial score (nSPS) is 10.5. The van der Waals surface area contributed by atoms with Crippen LogP contribution in [0.1, 0.15) is 10.5 Å². The van der Waals surface area contributed by atoms with E-state index in [0.29, 0.717) is 0 Å². The van der Waals surface area contributed by atoms with Gasteiger partial charge >= 0.3 is 5.97 Å². The molecule has 21 heavy (non-hydrogen) atoms. The first-order valence-corrected chi connectivity index (χ1v) is 6.40. The Labute approximate surface area is 129 Å². The van der Waals surface area contributed by atoms with Gasteiger partial charge in [0.15, 0.2) is 5.69 Å². The number of nitrogen functional groups attached to an aromatic ring is 2. The molecule has 8 heteroatoms. The number of pyridine rings is 1. The van der Waals surface area contributed by atoms with Gasteiger partial charge in [-0.2, -0.15) is 0 Å². The number of hydrogen-bond acceptors (Lipinski definition) is 5. The number of nitrogens with zero attached hydrogens (tertiary/aromatic N) is 1. The number of hydrogen-bond donors (Lipinski definition) is 2. The fraction of sp³-hybridized carbons (Fsp3) is 0.0769. The molecule has 1 aromatic heterocycles. The van der Waals surface area contributed by atoms with Crippen LogP contribution >= 0.6 is 23.2 Å². The van der Waals surface area contributed by atoms with Gasteiger partial charge in [0.2, 0.25) is 0 Å². The molecule has 0 aliphatic rings. The van der Waals surface area contributed by atoms with Gasteiger partial charge in [-0.3, -0.25) is 0 Å². The molecule has 0 saturated carbocycles. The summed E-state index contributed by atoms with van der Waals surface area (Å²) in [6.45, 7) is 0. The minimum absolute atomic E-state index is 0.0123. The van der Waals surface area contributed by atoms with E-state index in [2.05, 4.69) is 9.72 Å². The zero-order valence-corrected chi connectivity index (χ0v) is 12.3. The van der Waals surface area contributed by atoms with Crippen LogP contribution < -0.4 is 11.5 Å². The van der Waals surface area contributed by atoms with Crippen molar-refractivity contribution in [1.82, 2.24) is 4.98 Å². The average Bonchev–Trinajstić information content (AvgIpc) is 2.46. The number of carbonyl (C=O) groups excluding carboxylic acids is 1. The van der Waals surface area contributed by atoms with Gasteiger partial charge in [0, 0.05) is 0 Å². The van der Waals surface area contributed by atoms with Gasteiger partial charge in [-0.15, -0.1) is 0 Å². The topological polar surface area (TPSA) is 91.2 Å². The number of anilines is 2. The third-order valence-electron chi connectivity index (χ3n) is 2.76. The highest BCUT2D eigenvalue weighted by atomic mass is 35.5. The van der Waals surface area contributed by atoms with Crippen LogP contribution in [0.4, 0.5) is 15.8 Å². The molecule has 4 N–H and O–H groups in total. The molecule has 0 fully saturated rings. The van der Waals surface area contributed by atoms with Gasteiger partial charge in [-0.05, 0) is 18.2 Å². The summed E-state index contributed by atoms with van der Waals surface area (Å²) in [6, 6.07) is 3.76. The van der Waals surface area contributed by atoms with E-state index in [4.69, 9.17) is 34.7 Å². The third kappa shape index (κ3) is 2.72. The molecule has 0 radical (unpaired) electrons. The molecule has 5 nitrogen and oxygen atoms in total. The van der Waals surface area contributed by atoms with Crippen molar-refractivity contribution < 1.29 is 13.9 Å². The van der Waals surface area contributed by atoms with Crippen LogP contribution in [-0.4, -0.2) is 18.1 Å². The summed E-state index contributed by atoms with van der Waals surface area (Å²) in [7, 11) is 1.16. The fourth-order valence-corrected chi connectivity index (χ4v) is 2.07. The zero-order chi connectivity index (χ0) is 15.7. The van der Waals surface area contributed by atoms with E-state index in [1.54, 1.807) is 0 Å². The van der Waals surface area contributed by atoms with Crippen LogP contribution in [0.2, 0.25) is 10.0 Å². The molecule has 0 saturated heterocycles. The number of esters is 1. The van der Waals surface area contributed by atoms with Crippen LogP contribution in [0.5, 0.6) is 0 Å². The number of halogens is 3. The van der Waals surface area contributed by atoms with Gasteiger partial charge in [0.1, 0.15) is 5.82 Å². The predicted octanol–water partition coefficient (Wildman–Crippen LogP) is 3.15. The number of aromatic nitrogens is 1. The van der Waals surface area contributed by atoms with E-state index in [9.17, 15) is 9.18 Å². The maximum absolute atomic E-state index is 14.0. The first-order valence-electron chi connectivity index (χ1n) is 5.65. The third-order valence-corrected chi connectivity index (χ3v) is 3.49. The van der Waals surface area contributed by atoms with Gasteiger partial charge in [-0.1, -0.05) is 23.2 Å². The number of carbonyl (C=O) groups is 1. The summed E-state index contributed by atoms with van der Waals surface area (Å²) in [6.07, 6.45) is 0. The first kappa shape index (κ1) is 15.3. The lowest BCUT2D eigenvalue weighted by molar-refractivity contribution is 0.0594. The summed E-state index contributed by atoms with van der Waals surface area (Å²) >= 11 is 11.8. The van der Waals surface area contributed by atoms with Gasteiger partial charge in [-0.25, -0.2) is 14.2 Å².